The lowest BCUT2D eigenvalue weighted by molar-refractivity contribution is -0.109. The number of rotatable bonds is 6. The molecule has 1 aromatic carbocycles. The summed E-state index contributed by atoms with van der Waals surface area (Å²) in [6.45, 7) is 0. The molecule has 0 radical (unpaired) electrons. The Morgan fingerprint density at radius 2 is 1.95 bits per heavy atom. The van der Waals surface area contributed by atoms with E-state index in [1.807, 2.05) is 6.07 Å². The Balaban J connectivity index is 2.18. The van der Waals surface area contributed by atoms with Gasteiger partial charge in [-0.05, 0) is 48.1 Å². The van der Waals surface area contributed by atoms with Crippen molar-refractivity contribution in [1.82, 2.24) is 0 Å². The van der Waals surface area contributed by atoms with Crippen LogP contribution in [0.4, 0.5) is 0 Å². The first kappa shape index (κ1) is 16.5. The molecule has 2 rings (SSSR count). The Hall–Kier alpha value is -0.870. The molecule has 0 N–H and O–H groups in total. The van der Waals surface area contributed by atoms with Crippen LogP contribution in [0.1, 0.15) is 37.2 Å². The number of benzene rings is 1. The van der Waals surface area contributed by atoms with Gasteiger partial charge in [-0.2, -0.15) is 0 Å². The molecule has 0 aromatic heterocycles. The van der Waals surface area contributed by atoms with E-state index in [4.69, 9.17) is 21.1 Å². The summed E-state index contributed by atoms with van der Waals surface area (Å²) in [4.78, 5) is 11.0. The number of halogens is 1. The van der Waals surface area contributed by atoms with Crippen molar-refractivity contribution >= 4 is 28.6 Å². The van der Waals surface area contributed by atoms with Crippen molar-refractivity contribution in [1.29, 1.82) is 0 Å². The van der Waals surface area contributed by atoms with Gasteiger partial charge in [-0.1, -0.05) is 18.9 Å². The lowest BCUT2D eigenvalue weighted by atomic mass is 9.83. The average molecular weight is 329 g/mol. The van der Waals surface area contributed by atoms with E-state index < -0.39 is 0 Å². The maximum Gasteiger partial charge on any atom is 0.231 e. The molecule has 5 heteroatoms. The van der Waals surface area contributed by atoms with E-state index in [2.05, 4.69) is 12.1 Å². The van der Waals surface area contributed by atoms with Crippen LogP contribution in [0.3, 0.4) is 0 Å². The van der Waals surface area contributed by atoms with Crippen molar-refractivity contribution in [2.45, 2.75) is 36.9 Å². The normalized spacial score (nSPS) is 21.9. The molecule has 0 amide bonds. The van der Waals surface area contributed by atoms with Crippen LogP contribution < -0.4 is 9.47 Å². The summed E-state index contributed by atoms with van der Waals surface area (Å²) in [7, 11) is 3.30. The number of carbonyl (C=O) groups excluding carboxylic acids is 1. The van der Waals surface area contributed by atoms with Crippen LogP contribution in [0.15, 0.2) is 18.2 Å². The molecule has 1 aliphatic rings. The molecule has 0 aliphatic heterocycles. The lowest BCUT2D eigenvalue weighted by Crippen LogP contribution is -2.21. The van der Waals surface area contributed by atoms with Crippen LogP contribution in [-0.4, -0.2) is 30.5 Å². The molecule has 116 valence electrons. The molecule has 1 aromatic rings. The van der Waals surface area contributed by atoms with Gasteiger partial charge in [0.25, 0.3) is 0 Å². The van der Waals surface area contributed by atoms with E-state index >= 15 is 0 Å². The fourth-order valence-electron chi connectivity index (χ4n) is 2.93. The van der Waals surface area contributed by atoms with Gasteiger partial charge in [0.1, 0.15) is 0 Å². The Morgan fingerprint density at radius 3 is 2.62 bits per heavy atom. The zero-order valence-corrected chi connectivity index (χ0v) is 14.0. The largest absolute Gasteiger partial charge is 0.493 e. The molecule has 3 nitrogen and oxygen atoms in total. The number of ether oxygens (including phenoxy) is 2. The molecular formula is C16H21ClO3S. The lowest BCUT2D eigenvalue weighted by Gasteiger charge is -2.31. The summed E-state index contributed by atoms with van der Waals surface area (Å²) in [6, 6.07) is 6.12. The first-order valence-electron chi connectivity index (χ1n) is 7.17. The second-order valence-corrected chi connectivity index (χ2v) is 6.86. The summed E-state index contributed by atoms with van der Waals surface area (Å²) in [5.41, 5.74) is 1.26. The molecule has 2 unspecified atom stereocenters. The summed E-state index contributed by atoms with van der Waals surface area (Å²) < 4.78 is 10.7. The second-order valence-electron chi connectivity index (χ2n) is 5.21. The summed E-state index contributed by atoms with van der Waals surface area (Å²) in [5.74, 6) is 2.34. The maximum atomic E-state index is 11.0. The highest BCUT2D eigenvalue weighted by atomic mass is 35.5. The zero-order chi connectivity index (χ0) is 15.2. The van der Waals surface area contributed by atoms with Crippen LogP contribution in [-0.2, 0) is 4.79 Å². The second kappa shape index (κ2) is 7.95. The van der Waals surface area contributed by atoms with Crippen molar-refractivity contribution in [3.8, 4) is 11.5 Å². The molecule has 2 atom stereocenters. The van der Waals surface area contributed by atoms with E-state index in [9.17, 15) is 4.79 Å². The fourth-order valence-corrected chi connectivity index (χ4v) is 4.33. The quantitative estimate of drug-likeness (QED) is 0.732. The highest BCUT2D eigenvalue weighted by Gasteiger charge is 2.28. The zero-order valence-electron chi connectivity index (χ0n) is 12.4. The van der Waals surface area contributed by atoms with Crippen molar-refractivity contribution in [3.63, 3.8) is 0 Å². The Bertz CT molecular complexity index is 492. The average Bonchev–Trinajstić information content (AvgIpc) is 2.52. The number of hydrogen-bond donors (Lipinski definition) is 0. The maximum absolute atomic E-state index is 11.0. The van der Waals surface area contributed by atoms with Crippen LogP contribution in [0, 0.1) is 0 Å². The van der Waals surface area contributed by atoms with Gasteiger partial charge in [-0.15, -0.1) is 11.8 Å². The smallest absolute Gasteiger partial charge is 0.231 e. The van der Waals surface area contributed by atoms with Crippen LogP contribution >= 0.6 is 23.4 Å². The van der Waals surface area contributed by atoms with Crippen LogP contribution in [0.25, 0.3) is 0 Å². The molecule has 1 aliphatic carbocycles. The summed E-state index contributed by atoms with van der Waals surface area (Å²) >= 11 is 7.16. The molecular weight excluding hydrogens is 308 g/mol. The highest BCUT2D eigenvalue weighted by Crippen LogP contribution is 2.42. The molecule has 1 fully saturated rings. The topological polar surface area (TPSA) is 35.5 Å². The summed E-state index contributed by atoms with van der Waals surface area (Å²) in [6.07, 6.45) is 4.72. The number of carbonyl (C=O) groups is 1. The fraction of sp³-hybridized carbons (Fsp3) is 0.562. The van der Waals surface area contributed by atoms with E-state index in [0.29, 0.717) is 16.9 Å². The van der Waals surface area contributed by atoms with E-state index in [1.54, 1.807) is 26.0 Å². The van der Waals surface area contributed by atoms with E-state index in [0.717, 1.165) is 24.3 Å². The van der Waals surface area contributed by atoms with Crippen LogP contribution in [0.2, 0.25) is 0 Å². The Labute approximate surface area is 135 Å². The molecule has 21 heavy (non-hydrogen) atoms. The number of methoxy groups -OCH3 is 2. The van der Waals surface area contributed by atoms with Gasteiger partial charge in [-0.25, -0.2) is 0 Å². The predicted molar refractivity (Wildman–Crippen MR) is 87.9 cm³/mol. The molecule has 0 heterocycles. The van der Waals surface area contributed by atoms with E-state index in [1.165, 1.54) is 18.4 Å². The van der Waals surface area contributed by atoms with Gasteiger partial charge in [0, 0.05) is 5.25 Å². The number of hydrogen-bond acceptors (Lipinski definition) is 4. The Kier molecular flexibility index (Phi) is 6.24. The summed E-state index contributed by atoms with van der Waals surface area (Å²) in [5, 5.41) is 0.177. The molecule has 0 saturated heterocycles. The third kappa shape index (κ3) is 4.30. The van der Waals surface area contributed by atoms with Gasteiger partial charge in [0.2, 0.25) is 5.24 Å². The minimum Gasteiger partial charge on any atom is -0.493 e. The minimum absolute atomic E-state index is 0.267. The van der Waals surface area contributed by atoms with Gasteiger partial charge in [0.05, 0.1) is 20.0 Å². The Morgan fingerprint density at radius 1 is 1.24 bits per heavy atom. The number of thioether (sulfide) groups is 1. The van der Waals surface area contributed by atoms with Crippen molar-refractivity contribution in [3.05, 3.63) is 23.8 Å². The first-order valence-corrected chi connectivity index (χ1v) is 8.60. The van der Waals surface area contributed by atoms with Crippen molar-refractivity contribution < 1.29 is 14.3 Å². The first-order chi connectivity index (χ1) is 10.2. The van der Waals surface area contributed by atoms with Gasteiger partial charge in [-0.3, -0.25) is 4.79 Å². The third-order valence-electron chi connectivity index (χ3n) is 3.95. The standard InChI is InChI=1S/C16H21ClO3S/c1-19-13-8-7-11(9-14(13)20-2)12-5-3-4-6-15(12)21-10-16(17)18/h7-9,12,15H,3-6,10H2,1-2H3. The molecule has 0 spiro atoms. The van der Waals surface area contributed by atoms with Crippen molar-refractivity contribution in [2.24, 2.45) is 0 Å². The third-order valence-corrected chi connectivity index (χ3v) is 5.66. The SMILES string of the molecule is COc1ccc(C2CCCCC2SCC(=O)Cl)cc1OC. The molecule has 1 saturated carbocycles. The van der Waals surface area contributed by atoms with E-state index in [-0.39, 0.29) is 5.24 Å². The van der Waals surface area contributed by atoms with Crippen molar-refractivity contribution in [2.75, 3.05) is 20.0 Å². The van der Waals surface area contributed by atoms with Gasteiger partial charge in [0.15, 0.2) is 11.5 Å². The van der Waals surface area contributed by atoms with Crippen LogP contribution in [0.5, 0.6) is 11.5 Å². The van der Waals surface area contributed by atoms with Gasteiger partial charge < -0.3 is 9.47 Å². The molecule has 0 bridgehead atoms. The van der Waals surface area contributed by atoms with Gasteiger partial charge >= 0.3 is 0 Å². The predicted octanol–water partition coefficient (Wildman–Crippen LogP) is 4.23. The highest BCUT2D eigenvalue weighted by molar-refractivity contribution is 8.00. The monoisotopic (exact) mass is 328 g/mol. The minimum atomic E-state index is -0.267.